The standard InChI is InChI=1S/C10H14BrNO3S/c1-10(2,13)7-12-16(14,15)9-5-3-4-8(11)6-9/h3-6,12-13H,7H2,1-2H3. The zero-order chi connectivity index (χ0) is 12.4. The van der Waals surface area contributed by atoms with E-state index in [1.807, 2.05) is 0 Å². The van der Waals surface area contributed by atoms with Gasteiger partial charge in [0.25, 0.3) is 0 Å². The maximum atomic E-state index is 11.8. The normalized spacial score (nSPS) is 12.8. The molecule has 1 rings (SSSR count). The Bertz CT molecular complexity index is 465. The van der Waals surface area contributed by atoms with Crippen LogP contribution in [0.4, 0.5) is 0 Å². The molecule has 16 heavy (non-hydrogen) atoms. The number of benzene rings is 1. The first kappa shape index (κ1) is 13.6. The second-order valence-corrected chi connectivity index (χ2v) is 6.78. The number of sulfonamides is 1. The quantitative estimate of drug-likeness (QED) is 0.886. The van der Waals surface area contributed by atoms with Gasteiger partial charge in [-0.2, -0.15) is 0 Å². The molecule has 0 radical (unpaired) electrons. The molecule has 6 heteroatoms. The van der Waals surface area contributed by atoms with Crippen LogP contribution in [0.2, 0.25) is 0 Å². The molecule has 0 atom stereocenters. The summed E-state index contributed by atoms with van der Waals surface area (Å²) in [6, 6.07) is 6.39. The highest BCUT2D eigenvalue weighted by atomic mass is 79.9. The first-order valence-corrected chi connectivity index (χ1v) is 6.96. The van der Waals surface area contributed by atoms with Crippen molar-refractivity contribution in [1.29, 1.82) is 0 Å². The van der Waals surface area contributed by atoms with E-state index < -0.39 is 15.6 Å². The lowest BCUT2D eigenvalue weighted by Gasteiger charge is -2.17. The molecule has 0 spiro atoms. The van der Waals surface area contributed by atoms with Gasteiger partial charge in [0.15, 0.2) is 0 Å². The summed E-state index contributed by atoms with van der Waals surface area (Å²) in [6.07, 6.45) is 0. The van der Waals surface area contributed by atoms with E-state index in [4.69, 9.17) is 0 Å². The van der Waals surface area contributed by atoms with Crippen LogP contribution in [0.15, 0.2) is 33.6 Å². The number of rotatable bonds is 4. The molecular weight excluding hydrogens is 294 g/mol. The molecule has 0 aliphatic heterocycles. The van der Waals surface area contributed by atoms with Crippen molar-refractivity contribution in [2.75, 3.05) is 6.54 Å². The van der Waals surface area contributed by atoms with Gasteiger partial charge in [0.05, 0.1) is 10.5 Å². The predicted molar refractivity (Wildman–Crippen MR) is 65.6 cm³/mol. The molecule has 0 bridgehead atoms. The van der Waals surface area contributed by atoms with Crippen LogP contribution in [0.25, 0.3) is 0 Å². The van der Waals surface area contributed by atoms with E-state index in [9.17, 15) is 13.5 Å². The first-order valence-electron chi connectivity index (χ1n) is 4.68. The molecule has 0 aliphatic rings. The molecule has 0 aliphatic carbocycles. The molecule has 0 aromatic heterocycles. The van der Waals surface area contributed by atoms with E-state index in [0.29, 0.717) is 4.47 Å². The molecule has 0 unspecified atom stereocenters. The molecule has 0 heterocycles. The van der Waals surface area contributed by atoms with Gasteiger partial charge in [0.2, 0.25) is 10.0 Å². The van der Waals surface area contributed by atoms with Crippen molar-refractivity contribution >= 4 is 26.0 Å². The average Bonchev–Trinajstić information content (AvgIpc) is 2.14. The van der Waals surface area contributed by atoms with Crippen LogP contribution in [-0.4, -0.2) is 25.7 Å². The maximum absolute atomic E-state index is 11.8. The summed E-state index contributed by atoms with van der Waals surface area (Å²) in [4.78, 5) is 0.172. The van der Waals surface area contributed by atoms with Gasteiger partial charge >= 0.3 is 0 Å². The Morgan fingerprint density at radius 3 is 2.56 bits per heavy atom. The van der Waals surface area contributed by atoms with Crippen molar-refractivity contribution < 1.29 is 13.5 Å². The molecule has 0 saturated heterocycles. The van der Waals surface area contributed by atoms with Crippen LogP contribution in [0.1, 0.15) is 13.8 Å². The van der Waals surface area contributed by atoms with Crippen LogP contribution >= 0.6 is 15.9 Å². The molecule has 0 saturated carbocycles. The monoisotopic (exact) mass is 307 g/mol. The van der Waals surface area contributed by atoms with Crippen LogP contribution < -0.4 is 4.72 Å². The minimum atomic E-state index is -3.56. The zero-order valence-electron chi connectivity index (χ0n) is 9.07. The Morgan fingerprint density at radius 1 is 1.44 bits per heavy atom. The summed E-state index contributed by atoms with van der Waals surface area (Å²) in [6.45, 7) is 3.05. The number of nitrogens with one attached hydrogen (secondary N) is 1. The van der Waals surface area contributed by atoms with Gasteiger partial charge in [-0.15, -0.1) is 0 Å². The minimum Gasteiger partial charge on any atom is -0.389 e. The van der Waals surface area contributed by atoms with Gasteiger partial charge in [0.1, 0.15) is 0 Å². The maximum Gasteiger partial charge on any atom is 0.240 e. The van der Waals surface area contributed by atoms with E-state index in [2.05, 4.69) is 20.7 Å². The van der Waals surface area contributed by atoms with Crippen LogP contribution in [0, 0.1) is 0 Å². The summed E-state index contributed by atoms with van der Waals surface area (Å²) in [5, 5.41) is 9.45. The molecule has 0 fully saturated rings. The third-order valence-corrected chi connectivity index (χ3v) is 3.69. The molecule has 1 aromatic carbocycles. The Balaban J connectivity index is 2.87. The number of hydrogen-bond donors (Lipinski definition) is 2. The predicted octanol–water partition coefficient (Wildman–Crippen LogP) is 1.50. The Hall–Kier alpha value is -0.430. The van der Waals surface area contributed by atoms with Crippen molar-refractivity contribution in [2.24, 2.45) is 0 Å². The highest BCUT2D eigenvalue weighted by molar-refractivity contribution is 9.10. The van der Waals surface area contributed by atoms with Crippen molar-refractivity contribution in [3.63, 3.8) is 0 Å². The largest absolute Gasteiger partial charge is 0.389 e. The third-order valence-electron chi connectivity index (χ3n) is 1.80. The van der Waals surface area contributed by atoms with Gasteiger partial charge in [-0.25, -0.2) is 13.1 Å². The van der Waals surface area contributed by atoms with Crippen LogP contribution in [0.5, 0.6) is 0 Å². The fourth-order valence-electron chi connectivity index (χ4n) is 0.989. The van der Waals surface area contributed by atoms with E-state index in [1.54, 1.807) is 12.1 Å². The summed E-state index contributed by atoms with van der Waals surface area (Å²) < 4.78 is 26.6. The van der Waals surface area contributed by atoms with E-state index in [0.717, 1.165) is 0 Å². The second-order valence-electron chi connectivity index (χ2n) is 4.09. The lowest BCUT2D eigenvalue weighted by atomic mass is 10.1. The van der Waals surface area contributed by atoms with E-state index in [1.165, 1.54) is 26.0 Å². The Labute approximate surface area is 104 Å². The molecule has 1 aromatic rings. The van der Waals surface area contributed by atoms with Crippen LogP contribution in [0.3, 0.4) is 0 Å². The lowest BCUT2D eigenvalue weighted by Crippen LogP contribution is -2.38. The first-order chi connectivity index (χ1) is 7.21. The second kappa shape index (κ2) is 4.83. The fraction of sp³-hybridized carbons (Fsp3) is 0.400. The van der Waals surface area contributed by atoms with Crippen LogP contribution in [-0.2, 0) is 10.0 Å². The van der Waals surface area contributed by atoms with Crippen molar-refractivity contribution in [2.45, 2.75) is 24.3 Å². The average molecular weight is 308 g/mol. The van der Waals surface area contributed by atoms with Gasteiger partial charge in [-0.05, 0) is 32.0 Å². The summed E-state index contributed by atoms with van der Waals surface area (Å²) in [5.74, 6) is 0. The van der Waals surface area contributed by atoms with Crippen molar-refractivity contribution in [3.05, 3.63) is 28.7 Å². The van der Waals surface area contributed by atoms with Gasteiger partial charge in [-0.3, -0.25) is 0 Å². The number of hydrogen-bond acceptors (Lipinski definition) is 3. The topological polar surface area (TPSA) is 66.4 Å². The zero-order valence-corrected chi connectivity index (χ0v) is 11.5. The van der Waals surface area contributed by atoms with Gasteiger partial charge < -0.3 is 5.11 Å². The highest BCUT2D eigenvalue weighted by Crippen LogP contribution is 2.16. The fourth-order valence-corrected chi connectivity index (χ4v) is 2.79. The molecule has 2 N–H and O–H groups in total. The Kier molecular flexibility index (Phi) is 4.12. The molecule has 0 amide bonds. The van der Waals surface area contributed by atoms with E-state index >= 15 is 0 Å². The SMILES string of the molecule is CC(C)(O)CNS(=O)(=O)c1cccc(Br)c1. The smallest absolute Gasteiger partial charge is 0.240 e. The highest BCUT2D eigenvalue weighted by Gasteiger charge is 2.19. The summed E-state index contributed by atoms with van der Waals surface area (Å²) in [5.41, 5.74) is -1.07. The van der Waals surface area contributed by atoms with Crippen molar-refractivity contribution in [3.8, 4) is 0 Å². The van der Waals surface area contributed by atoms with Gasteiger partial charge in [0, 0.05) is 11.0 Å². The number of aliphatic hydroxyl groups is 1. The number of halogens is 1. The molecular formula is C10H14BrNO3S. The lowest BCUT2D eigenvalue weighted by molar-refractivity contribution is 0.0857. The summed E-state index contributed by atoms with van der Waals surface area (Å²) >= 11 is 3.20. The van der Waals surface area contributed by atoms with E-state index in [-0.39, 0.29) is 11.4 Å². The third kappa shape index (κ3) is 4.21. The minimum absolute atomic E-state index is 0.0259. The van der Waals surface area contributed by atoms with Crippen molar-refractivity contribution in [1.82, 2.24) is 4.72 Å². The summed E-state index contributed by atoms with van der Waals surface area (Å²) in [7, 11) is -3.56. The Morgan fingerprint density at radius 2 is 2.06 bits per heavy atom. The molecule has 4 nitrogen and oxygen atoms in total. The molecule has 90 valence electrons. The van der Waals surface area contributed by atoms with Gasteiger partial charge in [-0.1, -0.05) is 22.0 Å².